The fourth-order valence-corrected chi connectivity index (χ4v) is 2.29. The summed E-state index contributed by atoms with van der Waals surface area (Å²) in [5, 5.41) is 4.38. The molecule has 14 heavy (non-hydrogen) atoms. The van der Waals surface area contributed by atoms with Crippen molar-refractivity contribution in [2.24, 2.45) is 0 Å². The summed E-state index contributed by atoms with van der Waals surface area (Å²) >= 11 is 5.85. The van der Waals surface area contributed by atoms with Crippen molar-refractivity contribution in [3.8, 4) is 0 Å². The number of nitrogens with one attached hydrogen (secondary N) is 1. The molecule has 0 aliphatic carbocycles. The smallest absolute Gasteiger partial charge is 0.0406 e. The lowest BCUT2D eigenvalue weighted by Gasteiger charge is -2.24. The quantitative estimate of drug-likeness (QED) is 0.790. The molecule has 0 spiro atoms. The molecule has 1 aliphatic heterocycles. The van der Waals surface area contributed by atoms with Gasteiger partial charge < -0.3 is 5.32 Å². The molecule has 0 bridgehead atoms. The van der Waals surface area contributed by atoms with E-state index in [1.54, 1.807) is 0 Å². The maximum absolute atomic E-state index is 5.85. The van der Waals surface area contributed by atoms with Gasteiger partial charge in [0.05, 0.1) is 0 Å². The fourth-order valence-electron chi connectivity index (χ4n) is 2.16. The molecule has 0 amide bonds. The number of benzene rings is 1. The lowest BCUT2D eigenvalue weighted by atomic mass is 9.91. The van der Waals surface area contributed by atoms with Crippen LogP contribution in [0, 0.1) is 0 Å². The summed E-state index contributed by atoms with van der Waals surface area (Å²) in [6.07, 6.45) is 3.67. The topological polar surface area (TPSA) is 12.0 Å². The van der Waals surface area contributed by atoms with Crippen molar-refractivity contribution < 1.29 is 0 Å². The maximum Gasteiger partial charge on any atom is 0.0406 e. The average molecular weight is 210 g/mol. The molecule has 2 heteroatoms. The molecule has 1 unspecified atom stereocenters. The molecule has 1 saturated heterocycles. The standard InChI is InChI=1S/C12H16ClN/c1-12(7-2-8-14-12)9-10-3-5-11(13)6-4-10/h3-6,14H,2,7-9H2,1H3. The predicted molar refractivity (Wildman–Crippen MR) is 60.8 cm³/mol. The van der Waals surface area contributed by atoms with Crippen LogP contribution in [0.4, 0.5) is 0 Å². The molecule has 0 saturated carbocycles. The van der Waals surface area contributed by atoms with Crippen molar-refractivity contribution in [3.05, 3.63) is 34.9 Å². The molecule has 1 heterocycles. The molecule has 0 radical (unpaired) electrons. The van der Waals surface area contributed by atoms with Gasteiger partial charge in [-0.2, -0.15) is 0 Å². The number of rotatable bonds is 2. The average Bonchev–Trinajstić information content (AvgIpc) is 2.57. The number of halogens is 1. The first-order valence-corrected chi connectivity index (χ1v) is 5.55. The third-order valence-corrected chi connectivity index (χ3v) is 3.22. The first-order chi connectivity index (χ1) is 6.68. The SMILES string of the molecule is CC1(Cc2ccc(Cl)cc2)CCCN1. The van der Waals surface area contributed by atoms with Crippen LogP contribution in [-0.4, -0.2) is 12.1 Å². The van der Waals surface area contributed by atoms with Crippen molar-refractivity contribution in [1.82, 2.24) is 5.32 Å². The second-order valence-electron chi connectivity index (χ2n) is 4.39. The van der Waals surface area contributed by atoms with Gasteiger partial charge in [0, 0.05) is 10.6 Å². The van der Waals surface area contributed by atoms with Gasteiger partial charge in [0.1, 0.15) is 0 Å². The van der Waals surface area contributed by atoms with E-state index in [2.05, 4.69) is 24.4 Å². The monoisotopic (exact) mass is 209 g/mol. The summed E-state index contributed by atoms with van der Waals surface area (Å²) in [5.41, 5.74) is 1.67. The van der Waals surface area contributed by atoms with Gasteiger partial charge in [-0.15, -0.1) is 0 Å². The van der Waals surface area contributed by atoms with Crippen LogP contribution in [0.15, 0.2) is 24.3 Å². The third-order valence-electron chi connectivity index (χ3n) is 2.96. The minimum atomic E-state index is 0.299. The highest BCUT2D eigenvalue weighted by atomic mass is 35.5. The Balaban J connectivity index is 2.06. The van der Waals surface area contributed by atoms with Gasteiger partial charge in [0.15, 0.2) is 0 Å². The molecular weight excluding hydrogens is 194 g/mol. The molecule has 1 fully saturated rings. The van der Waals surface area contributed by atoms with Gasteiger partial charge in [0.2, 0.25) is 0 Å². The Morgan fingerprint density at radius 2 is 2.07 bits per heavy atom. The van der Waals surface area contributed by atoms with Crippen LogP contribution in [0.5, 0.6) is 0 Å². The van der Waals surface area contributed by atoms with Crippen molar-refractivity contribution in [2.45, 2.75) is 31.7 Å². The van der Waals surface area contributed by atoms with Crippen molar-refractivity contribution in [1.29, 1.82) is 0 Å². The first kappa shape index (κ1) is 10.0. The minimum Gasteiger partial charge on any atom is -0.311 e. The van der Waals surface area contributed by atoms with E-state index >= 15 is 0 Å². The van der Waals surface area contributed by atoms with E-state index < -0.39 is 0 Å². The lowest BCUT2D eigenvalue weighted by molar-refractivity contribution is 0.412. The van der Waals surface area contributed by atoms with Gasteiger partial charge in [-0.25, -0.2) is 0 Å². The zero-order valence-corrected chi connectivity index (χ0v) is 9.27. The van der Waals surface area contributed by atoms with E-state index in [4.69, 9.17) is 11.6 Å². The molecule has 1 N–H and O–H groups in total. The number of hydrogen-bond acceptors (Lipinski definition) is 1. The first-order valence-electron chi connectivity index (χ1n) is 5.17. The molecular formula is C12H16ClN. The summed E-state index contributed by atoms with van der Waals surface area (Å²) in [5.74, 6) is 0. The molecule has 1 aromatic carbocycles. The van der Waals surface area contributed by atoms with Crippen LogP contribution in [0.1, 0.15) is 25.3 Å². The van der Waals surface area contributed by atoms with Gasteiger partial charge in [-0.05, 0) is 50.4 Å². The van der Waals surface area contributed by atoms with Crippen molar-refractivity contribution in [3.63, 3.8) is 0 Å². The summed E-state index contributed by atoms with van der Waals surface area (Å²) in [6, 6.07) is 8.17. The Morgan fingerprint density at radius 3 is 2.64 bits per heavy atom. The van der Waals surface area contributed by atoms with E-state index in [0.29, 0.717) is 5.54 Å². The van der Waals surface area contributed by atoms with Crippen LogP contribution >= 0.6 is 11.6 Å². The Kier molecular flexibility index (Phi) is 2.80. The summed E-state index contributed by atoms with van der Waals surface area (Å²) in [7, 11) is 0. The number of hydrogen-bond donors (Lipinski definition) is 1. The third kappa shape index (κ3) is 2.28. The molecule has 2 rings (SSSR count). The largest absolute Gasteiger partial charge is 0.311 e. The Morgan fingerprint density at radius 1 is 1.36 bits per heavy atom. The molecule has 76 valence electrons. The zero-order valence-electron chi connectivity index (χ0n) is 8.52. The minimum absolute atomic E-state index is 0.299. The highest BCUT2D eigenvalue weighted by Crippen LogP contribution is 2.23. The van der Waals surface area contributed by atoms with Crippen LogP contribution < -0.4 is 5.32 Å². The van der Waals surface area contributed by atoms with Gasteiger partial charge in [0.25, 0.3) is 0 Å². The van der Waals surface area contributed by atoms with Crippen molar-refractivity contribution >= 4 is 11.6 Å². The zero-order chi connectivity index (χ0) is 10.0. The summed E-state index contributed by atoms with van der Waals surface area (Å²) in [4.78, 5) is 0. The van der Waals surface area contributed by atoms with Gasteiger partial charge in [-0.1, -0.05) is 23.7 Å². The lowest BCUT2D eigenvalue weighted by Crippen LogP contribution is -2.38. The van der Waals surface area contributed by atoms with E-state index in [9.17, 15) is 0 Å². The van der Waals surface area contributed by atoms with E-state index in [-0.39, 0.29) is 0 Å². The van der Waals surface area contributed by atoms with Crippen LogP contribution in [0.25, 0.3) is 0 Å². The maximum atomic E-state index is 5.85. The second-order valence-corrected chi connectivity index (χ2v) is 4.83. The highest BCUT2D eigenvalue weighted by Gasteiger charge is 2.27. The Hall–Kier alpha value is -0.530. The molecule has 1 aliphatic rings. The van der Waals surface area contributed by atoms with E-state index in [1.807, 2.05) is 12.1 Å². The summed E-state index contributed by atoms with van der Waals surface area (Å²) in [6.45, 7) is 3.46. The molecule has 1 aromatic rings. The van der Waals surface area contributed by atoms with Crippen LogP contribution in [0.3, 0.4) is 0 Å². The van der Waals surface area contributed by atoms with Crippen LogP contribution in [0.2, 0.25) is 5.02 Å². The summed E-state index contributed by atoms with van der Waals surface area (Å²) < 4.78 is 0. The van der Waals surface area contributed by atoms with E-state index in [0.717, 1.165) is 18.0 Å². The Labute approximate surface area is 90.5 Å². The van der Waals surface area contributed by atoms with Gasteiger partial charge in [-0.3, -0.25) is 0 Å². The molecule has 1 nitrogen and oxygen atoms in total. The Bertz CT molecular complexity index is 299. The molecule has 0 aromatic heterocycles. The molecule has 1 atom stereocenters. The normalized spacial score (nSPS) is 26.7. The fraction of sp³-hybridized carbons (Fsp3) is 0.500. The van der Waals surface area contributed by atoms with Gasteiger partial charge >= 0.3 is 0 Å². The second kappa shape index (κ2) is 3.92. The van der Waals surface area contributed by atoms with Crippen molar-refractivity contribution in [2.75, 3.05) is 6.54 Å². The van der Waals surface area contributed by atoms with Crippen LogP contribution in [-0.2, 0) is 6.42 Å². The highest BCUT2D eigenvalue weighted by molar-refractivity contribution is 6.30. The predicted octanol–water partition coefficient (Wildman–Crippen LogP) is 3.02. The van der Waals surface area contributed by atoms with E-state index in [1.165, 1.54) is 18.4 Å².